The van der Waals surface area contributed by atoms with Gasteiger partial charge >= 0.3 is 0 Å². The average Bonchev–Trinajstić information content (AvgIpc) is 2.01. The summed E-state index contributed by atoms with van der Waals surface area (Å²) >= 11 is 15.9. The Kier molecular flexibility index (Phi) is 12.1. The van der Waals surface area contributed by atoms with Gasteiger partial charge in [0, 0.05) is 15.3 Å². The molecule has 0 aliphatic rings. The quantitative estimate of drug-likeness (QED) is 0.533. The molecule has 0 fully saturated rings. The normalized spacial score (nSPS) is 10.9. The number of rotatable bonds is 7. The van der Waals surface area contributed by atoms with Crippen LogP contribution in [0.3, 0.4) is 0 Å². The van der Waals surface area contributed by atoms with Gasteiger partial charge in [0.05, 0.1) is 3.91 Å². The minimum atomic E-state index is 0.609. The SMILES string of the molecule is CSCSC(SCS)SCS. The van der Waals surface area contributed by atoms with Crippen molar-refractivity contribution < 1.29 is 0 Å². The smallest absolute Gasteiger partial charge is 0.0980 e. The van der Waals surface area contributed by atoms with Crippen molar-refractivity contribution in [1.82, 2.24) is 0 Å². The second-order valence-corrected chi connectivity index (χ2v) is 8.35. The molecule has 0 unspecified atom stereocenters. The van der Waals surface area contributed by atoms with Crippen LogP contribution in [0, 0.1) is 0 Å². The molecule has 0 heterocycles. The fourth-order valence-electron chi connectivity index (χ4n) is 0.390. The molecule has 0 saturated heterocycles. The third kappa shape index (κ3) is 8.43. The molecule has 0 radical (unpaired) electrons. The molecular weight excluding hydrogens is 252 g/mol. The summed E-state index contributed by atoms with van der Waals surface area (Å²) < 4.78 is 0.609. The van der Waals surface area contributed by atoms with Crippen LogP contribution in [0.15, 0.2) is 0 Å². The lowest BCUT2D eigenvalue weighted by molar-refractivity contribution is 1.97. The van der Waals surface area contributed by atoms with Crippen LogP contribution >= 0.6 is 72.3 Å². The van der Waals surface area contributed by atoms with Gasteiger partial charge in [0.15, 0.2) is 0 Å². The van der Waals surface area contributed by atoms with E-state index in [0.29, 0.717) is 3.91 Å². The second kappa shape index (κ2) is 10.2. The zero-order valence-electron chi connectivity index (χ0n) is 6.23. The first-order valence-electron chi connectivity index (χ1n) is 2.90. The summed E-state index contributed by atoms with van der Waals surface area (Å²) in [5.41, 5.74) is 0. The Morgan fingerprint density at radius 2 is 1.64 bits per heavy atom. The van der Waals surface area contributed by atoms with Crippen molar-refractivity contribution in [3.05, 3.63) is 0 Å². The van der Waals surface area contributed by atoms with Gasteiger partial charge in [0.2, 0.25) is 0 Å². The molecule has 11 heavy (non-hydrogen) atoms. The number of thiol groups is 2. The van der Waals surface area contributed by atoms with Crippen molar-refractivity contribution in [3.63, 3.8) is 0 Å². The molecular formula is C5H12S6. The zero-order chi connectivity index (χ0) is 8.53. The highest BCUT2D eigenvalue weighted by atomic mass is 32.3. The molecule has 0 N–H and O–H groups in total. The van der Waals surface area contributed by atoms with Crippen LogP contribution in [-0.4, -0.2) is 25.4 Å². The van der Waals surface area contributed by atoms with E-state index in [9.17, 15) is 0 Å². The Labute approximate surface area is 97.0 Å². The van der Waals surface area contributed by atoms with Crippen LogP contribution in [0.1, 0.15) is 0 Å². The lowest BCUT2D eigenvalue weighted by atomic mass is 11.8. The predicted octanol–water partition coefficient (Wildman–Crippen LogP) is 3.56. The van der Waals surface area contributed by atoms with Crippen LogP contribution in [0.4, 0.5) is 0 Å². The molecule has 0 aromatic carbocycles. The molecule has 0 aliphatic carbocycles. The maximum Gasteiger partial charge on any atom is 0.0980 e. The standard InChI is InChI=1S/C5H12S6/c1-8-4-11-5(9-2-6)10-3-7/h5-7H,2-4H2,1H3. The Morgan fingerprint density at radius 1 is 1.09 bits per heavy atom. The molecule has 0 bridgehead atoms. The molecule has 0 nitrogen and oxygen atoms in total. The van der Waals surface area contributed by atoms with E-state index in [1.807, 2.05) is 47.0 Å². The van der Waals surface area contributed by atoms with Gasteiger partial charge in [-0.3, -0.25) is 0 Å². The highest BCUT2D eigenvalue weighted by Gasteiger charge is 2.06. The summed E-state index contributed by atoms with van der Waals surface area (Å²) in [5.74, 6) is 0. The van der Waals surface area contributed by atoms with Crippen molar-refractivity contribution in [1.29, 1.82) is 0 Å². The van der Waals surface area contributed by atoms with Crippen LogP contribution in [0.2, 0.25) is 0 Å². The average molecular weight is 265 g/mol. The predicted molar refractivity (Wildman–Crippen MR) is 72.6 cm³/mol. The minimum absolute atomic E-state index is 0.609. The van der Waals surface area contributed by atoms with E-state index in [1.54, 1.807) is 0 Å². The summed E-state index contributed by atoms with van der Waals surface area (Å²) in [7, 11) is 0. The highest BCUT2D eigenvalue weighted by Crippen LogP contribution is 2.35. The number of hydrogen-bond donors (Lipinski definition) is 2. The summed E-state index contributed by atoms with van der Waals surface area (Å²) in [6.07, 6.45) is 2.13. The highest BCUT2D eigenvalue weighted by molar-refractivity contribution is 8.37. The summed E-state index contributed by atoms with van der Waals surface area (Å²) in [4.78, 5) is 0. The Balaban J connectivity index is 3.34. The molecule has 0 amide bonds. The maximum atomic E-state index is 4.18. The molecule has 0 aliphatic heterocycles. The Hall–Kier alpha value is 2.10. The van der Waals surface area contributed by atoms with Crippen LogP contribution in [0.25, 0.3) is 0 Å². The number of hydrogen-bond acceptors (Lipinski definition) is 6. The van der Waals surface area contributed by atoms with Gasteiger partial charge in [-0.05, 0) is 6.26 Å². The lowest BCUT2D eigenvalue weighted by Gasteiger charge is -2.11. The second-order valence-electron chi connectivity index (χ2n) is 1.45. The zero-order valence-corrected chi connectivity index (χ0v) is 11.3. The molecule has 0 saturated carbocycles. The van der Waals surface area contributed by atoms with Crippen molar-refractivity contribution in [3.8, 4) is 0 Å². The van der Waals surface area contributed by atoms with Gasteiger partial charge < -0.3 is 0 Å². The van der Waals surface area contributed by atoms with Crippen molar-refractivity contribution in [2.45, 2.75) is 3.91 Å². The molecule has 0 rings (SSSR count). The Bertz CT molecular complexity index is 71.4. The van der Waals surface area contributed by atoms with E-state index in [4.69, 9.17) is 0 Å². The van der Waals surface area contributed by atoms with E-state index in [2.05, 4.69) is 31.5 Å². The van der Waals surface area contributed by atoms with Gasteiger partial charge in [0.1, 0.15) is 0 Å². The van der Waals surface area contributed by atoms with Crippen LogP contribution in [0.5, 0.6) is 0 Å². The van der Waals surface area contributed by atoms with Crippen molar-refractivity contribution >= 4 is 72.3 Å². The molecule has 0 aromatic rings. The fraction of sp³-hybridized carbons (Fsp3) is 1.00. The molecule has 68 valence electrons. The van der Waals surface area contributed by atoms with Gasteiger partial charge in [0.25, 0.3) is 0 Å². The minimum Gasteiger partial charge on any atom is -0.168 e. The van der Waals surface area contributed by atoms with E-state index >= 15 is 0 Å². The molecule has 0 spiro atoms. The summed E-state index contributed by atoms with van der Waals surface area (Å²) in [6.45, 7) is 0. The maximum absolute atomic E-state index is 4.18. The van der Waals surface area contributed by atoms with Gasteiger partial charge in [-0.2, -0.15) is 37.0 Å². The summed E-state index contributed by atoms with van der Waals surface area (Å²) in [6, 6.07) is 0. The summed E-state index contributed by atoms with van der Waals surface area (Å²) in [5, 5.41) is 2.95. The van der Waals surface area contributed by atoms with Crippen LogP contribution < -0.4 is 0 Å². The third-order valence-electron chi connectivity index (χ3n) is 0.743. The first-order chi connectivity index (χ1) is 5.35. The molecule has 0 aromatic heterocycles. The molecule has 6 heteroatoms. The first-order valence-corrected chi connectivity index (χ1v) is 8.71. The third-order valence-corrected chi connectivity index (χ3v) is 6.69. The van der Waals surface area contributed by atoms with Gasteiger partial charge in [-0.15, -0.1) is 35.3 Å². The van der Waals surface area contributed by atoms with Crippen molar-refractivity contribution in [2.24, 2.45) is 0 Å². The van der Waals surface area contributed by atoms with Crippen LogP contribution in [-0.2, 0) is 0 Å². The lowest BCUT2D eigenvalue weighted by Crippen LogP contribution is -1.90. The number of thioether (sulfide) groups is 4. The van der Waals surface area contributed by atoms with E-state index < -0.39 is 0 Å². The first kappa shape index (κ1) is 13.1. The van der Waals surface area contributed by atoms with E-state index in [-0.39, 0.29) is 0 Å². The van der Waals surface area contributed by atoms with E-state index in [0.717, 1.165) is 15.3 Å². The fourth-order valence-corrected chi connectivity index (χ4v) is 6.70. The monoisotopic (exact) mass is 264 g/mol. The largest absolute Gasteiger partial charge is 0.168 e. The van der Waals surface area contributed by atoms with Gasteiger partial charge in [-0.25, -0.2) is 0 Å². The Morgan fingerprint density at radius 3 is 2.00 bits per heavy atom. The van der Waals surface area contributed by atoms with E-state index in [1.165, 1.54) is 0 Å². The van der Waals surface area contributed by atoms with Crippen molar-refractivity contribution in [2.75, 3.05) is 21.5 Å². The molecule has 0 atom stereocenters. The topological polar surface area (TPSA) is 0 Å². The van der Waals surface area contributed by atoms with Gasteiger partial charge in [-0.1, -0.05) is 0 Å².